The van der Waals surface area contributed by atoms with Crippen molar-refractivity contribution in [1.82, 2.24) is 15.1 Å². The molecule has 0 radical (unpaired) electrons. The molecular formula is C25H35N3O4. The highest BCUT2D eigenvalue weighted by Gasteiger charge is 2.41. The molecule has 1 N–H and O–H groups in total. The standard InChI is InChI=1S/C25H35N3O4/c1-4-30-13-14-31-21-7-12-32-25(17-21)8-10-28(11-9-25)24(29)23-16-22(26-27-23)20-6-5-18(2)19(3)15-20/h5-6,15-16,21H,4,7-14,17H2,1-3H3,(H,26,27). The Morgan fingerprint density at radius 1 is 1.22 bits per heavy atom. The maximum atomic E-state index is 13.1. The van der Waals surface area contributed by atoms with Crippen LogP contribution in [0.2, 0.25) is 0 Å². The normalized spacial score (nSPS) is 20.6. The van der Waals surface area contributed by atoms with Gasteiger partial charge in [-0.25, -0.2) is 0 Å². The quantitative estimate of drug-likeness (QED) is 0.660. The van der Waals surface area contributed by atoms with Crippen molar-refractivity contribution in [2.75, 3.05) is 39.5 Å². The lowest BCUT2D eigenvalue weighted by atomic mass is 9.83. The second-order valence-corrected chi connectivity index (χ2v) is 8.97. The van der Waals surface area contributed by atoms with Crippen LogP contribution in [0.1, 0.15) is 54.2 Å². The molecule has 1 amide bonds. The second-order valence-electron chi connectivity index (χ2n) is 8.97. The molecular weight excluding hydrogens is 406 g/mol. The predicted molar refractivity (Wildman–Crippen MR) is 123 cm³/mol. The van der Waals surface area contributed by atoms with E-state index in [1.807, 2.05) is 24.0 Å². The molecule has 0 aliphatic carbocycles. The zero-order valence-electron chi connectivity index (χ0n) is 19.5. The van der Waals surface area contributed by atoms with Crippen molar-refractivity contribution in [2.24, 2.45) is 0 Å². The Hall–Kier alpha value is -2.22. The van der Waals surface area contributed by atoms with Gasteiger partial charge in [-0.1, -0.05) is 12.1 Å². The number of nitrogens with one attached hydrogen (secondary N) is 1. The minimum absolute atomic E-state index is 0.00255. The zero-order valence-corrected chi connectivity index (χ0v) is 19.5. The first-order chi connectivity index (χ1) is 15.5. The second kappa shape index (κ2) is 10.1. The van der Waals surface area contributed by atoms with Crippen LogP contribution in [-0.4, -0.2) is 72.2 Å². The third-order valence-corrected chi connectivity index (χ3v) is 6.81. The molecule has 1 atom stereocenters. The van der Waals surface area contributed by atoms with E-state index in [0.29, 0.717) is 45.2 Å². The molecule has 174 valence electrons. The average Bonchev–Trinajstić information content (AvgIpc) is 3.29. The summed E-state index contributed by atoms with van der Waals surface area (Å²) in [5.74, 6) is 0.00255. The summed E-state index contributed by atoms with van der Waals surface area (Å²) in [5.41, 5.74) is 4.64. The van der Waals surface area contributed by atoms with Crippen molar-refractivity contribution in [3.8, 4) is 11.3 Å². The van der Waals surface area contributed by atoms with Crippen LogP contribution < -0.4 is 0 Å². The van der Waals surface area contributed by atoms with Gasteiger partial charge in [-0.05, 0) is 63.3 Å². The van der Waals surface area contributed by atoms with Gasteiger partial charge in [-0.2, -0.15) is 5.10 Å². The number of H-pyrrole nitrogens is 1. The van der Waals surface area contributed by atoms with E-state index in [2.05, 4.69) is 36.2 Å². The van der Waals surface area contributed by atoms with E-state index in [0.717, 1.165) is 36.9 Å². The topological polar surface area (TPSA) is 76.7 Å². The van der Waals surface area contributed by atoms with Gasteiger partial charge in [-0.3, -0.25) is 9.89 Å². The van der Waals surface area contributed by atoms with Crippen LogP contribution in [-0.2, 0) is 14.2 Å². The van der Waals surface area contributed by atoms with E-state index in [9.17, 15) is 4.79 Å². The van der Waals surface area contributed by atoms with E-state index >= 15 is 0 Å². The van der Waals surface area contributed by atoms with Gasteiger partial charge in [0.2, 0.25) is 0 Å². The van der Waals surface area contributed by atoms with Crippen molar-refractivity contribution in [2.45, 2.75) is 58.2 Å². The van der Waals surface area contributed by atoms with Gasteiger partial charge in [-0.15, -0.1) is 0 Å². The lowest BCUT2D eigenvalue weighted by molar-refractivity contribution is -0.155. The smallest absolute Gasteiger partial charge is 0.271 e. The fraction of sp³-hybridized carbons (Fsp3) is 0.600. The third-order valence-electron chi connectivity index (χ3n) is 6.81. The molecule has 2 aliphatic rings. The summed E-state index contributed by atoms with van der Waals surface area (Å²) in [5, 5.41) is 7.33. The molecule has 4 rings (SSSR count). The molecule has 3 heterocycles. The number of hydrogen-bond donors (Lipinski definition) is 1. The molecule has 2 fully saturated rings. The Morgan fingerprint density at radius 2 is 2.03 bits per heavy atom. The van der Waals surface area contributed by atoms with Crippen LogP contribution in [0.4, 0.5) is 0 Å². The first-order valence-corrected chi connectivity index (χ1v) is 11.8. The van der Waals surface area contributed by atoms with Crippen molar-refractivity contribution in [3.05, 3.63) is 41.1 Å². The molecule has 32 heavy (non-hydrogen) atoms. The highest BCUT2D eigenvalue weighted by atomic mass is 16.5. The molecule has 0 bridgehead atoms. The van der Waals surface area contributed by atoms with E-state index in [1.54, 1.807) is 0 Å². The number of piperidine rings is 1. The van der Waals surface area contributed by atoms with Gasteiger partial charge in [0.25, 0.3) is 5.91 Å². The zero-order chi connectivity index (χ0) is 22.6. The largest absolute Gasteiger partial charge is 0.379 e. The number of aromatic amines is 1. The van der Waals surface area contributed by atoms with Crippen molar-refractivity contribution in [3.63, 3.8) is 0 Å². The summed E-state index contributed by atoms with van der Waals surface area (Å²) in [7, 11) is 0. The number of carbonyl (C=O) groups is 1. The Morgan fingerprint density at radius 3 is 2.78 bits per heavy atom. The number of rotatable bonds is 7. The summed E-state index contributed by atoms with van der Waals surface area (Å²) < 4.78 is 17.6. The van der Waals surface area contributed by atoms with E-state index in [1.165, 1.54) is 11.1 Å². The highest BCUT2D eigenvalue weighted by Crippen LogP contribution is 2.36. The number of ether oxygens (including phenoxy) is 3. The summed E-state index contributed by atoms with van der Waals surface area (Å²) >= 11 is 0. The first-order valence-electron chi connectivity index (χ1n) is 11.8. The van der Waals surface area contributed by atoms with Crippen molar-refractivity contribution < 1.29 is 19.0 Å². The highest BCUT2D eigenvalue weighted by molar-refractivity contribution is 5.93. The Balaban J connectivity index is 1.32. The van der Waals surface area contributed by atoms with Crippen LogP contribution in [0.25, 0.3) is 11.3 Å². The third kappa shape index (κ3) is 5.22. The molecule has 1 aromatic carbocycles. The number of likely N-dealkylation sites (tertiary alicyclic amines) is 1. The SMILES string of the molecule is CCOCCOC1CCOC2(CCN(C(=O)c3cc(-c4ccc(C)c(C)c4)n[nH]3)CC2)C1. The lowest BCUT2D eigenvalue weighted by Gasteiger charge is -2.46. The number of aryl methyl sites for hydroxylation is 2. The molecule has 1 unspecified atom stereocenters. The van der Waals surface area contributed by atoms with Gasteiger partial charge in [0.15, 0.2) is 0 Å². The van der Waals surface area contributed by atoms with Crippen LogP contribution >= 0.6 is 0 Å². The first kappa shape index (κ1) is 23.0. The number of hydrogen-bond acceptors (Lipinski definition) is 5. The van der Waals surface area contributed by atoms with Crippen LogP contribution in [0.5, 0.6) is 0 Å². The molecule has 2 saturated heterocycles. The molecule has 1 spiro atoms. The summed E-state index contributed by atoms with van der Waals surface area (Å²) in [4.78, 5) is 15.0. The summed E-state index contributed by atoms with van der Waals surface area (Å²) in [6, 6.07) is 8.10. The fourth-order valence-electron chi connectivity index (χ4n) is 4.66. The number of carbonyl (C=O) groups excluding carboxylic acids is 1. The molecule has 7 heteroatoms. The molecule has 1 aromatic heterocycles. The van der Waals surface area contributed by atoms with Gasteiger partial charge < -0.3 is 19.1 Å². The van der Waals surface area contributed by atoms with Crippen LogP contribution in [0.3, 0.4) is 0 Å². The molecule has 7 nitrogen and oxygen atoms in total. The van der Waals surface area contributed by atoms with Crippen LogP contribution in [0, 0.1) is 13.8 Å². The fourth-order valence-corrected chi connectivity index (χ4v) is 4.66. The predicted octanol–water partition coefficient (Wildman–Crippen LogP) is 3.90. The Bertz CT molecular complexity index is 918. The Kier molecular flexibility index (Phi) is 7.28. The molecule has 2 aliphatic heterocycles. The molecule has 0 saturated carbocycles. The summed E-state index contributed by atoms with van der Waals surface area (Å²) in [6.07, 6.45) is 3.69. The van der Waals surface area contributed by atoms with Crippen LogP contribution in [0.15, 0.2) is 24.3 Å². The van der Waals surface area contributed by atoms with Gasteiger partial charge in [0.1, 0.15) is 5.69 Å². The number of nitrogens with zero attached hydrogens (tertiary/aromatic N) is 2. The summed E-state index contributed by atoms with van der Waals surface area (Å²) in [6.45, 7) is 10.2. The van der Waals surface area contributed by atoms with E-state index in [-0.39, 0.29) is 17.6 Å². The maximum absolute atomic E-state index is 13.1. The molecule has 2 aromatic rings. The minimum atomic E-state index is -0.177. The van der Waals surface area contributed by atoms with Gasteiger partial charge in [0, 0.05) is 38.3 Å². The van der Waals surface area contributed by atoms with Crippen molar-refractivity contribution >= 4 is 5.91 Å². The number of amides is 1. The van der Waals surface area contributed by atoms with Gasteiger partial charge in [0.05, 0.1) is 30.6 Å². The van der Waals surface area contributed by atoms with E-state index < -0.39 is 0 Å². The minimum Gasteiger partial charge on any atom is -0.379 e. The van der Waals surface area contributed by atoms with Crippen molar-refractivity contribution in [1.29, 1.82) is 0 Å². The average molecular weight is 442 g/mol. The monoisotopic (exact) mass is 441 g/mol. The lowest BCUT2D eigenvalue weighted by Crippen LogP contribution is -2.52. The number of aromatic nitrogens is 2. The van der Waals surface area contributed by atoms with E-state index in [4.69, 9.17) is 14.2 Å². The van der Waals surface area contributed by atoms with Gasteiger partial charge >= 0.3 is 0 Å². The maximum Gasteiger partial charge on any atom is 0.271 e. The number of benzene rings is 1. The Labute approximate surface area is 190 Å².